The maximum absolute atomic E-state index is 13.3. The van der Waals surface area contributed by atoms with Crippen molar-refractivity contribution in [3.63, 3.8) is 0 Å². The third-order valence-electron chi connectivity index (χ3n) is 5.84. The number of aryl methyl sites for hydroxylation is 1. The number of nitrogens with one attached hydrogen (secondary N) is 2. The average molecular weight is 501 g/mol. The first kappa shape index (κ1) is 23.3. The van der Waals surface area contributed by atoms with Crippen molar-refractivity contribution in [3.8, 4) is 11.3 Å². The Kier molecular flexibility index (Phi) is 5.76. The number of nitrogens with zero attached hydrogens (tertiary/aromatic N) is 4. The molecule has 1 aromatic carbocycles. The summed E-state index contributed by atoms with van der Waals surface area (Å²) < 4.78 is 41.7. The molecule has 1 atom stereocenters. The maximum Gasteiger partial charge on any atom is 0.433 e. The monoisotopic (exact) mass is 500 g/mol. The highest BCUT2D eigenvalue weighted by Crippen LogP contribution is 2.43. The Bertz CT molecular complexity index is 1410. The van der Waals surface area contributed by atoms with Crippen molar-refractivity contribution in [2.75, 3.05) is 26.0 Å². The molecule has 0 saturated carbocycles. The van der Waals surface area contributed by atoms with E-state index >= 15 is 0 Å². The van der Waals surface area contributed by atoms with Crippen LogP contribution in [0.5, 0.6) is 0 Å². The van der Waals surface area contributed by atoms with Crippen LogP contribution in [-0.4, -0.2) is 46.2 Å². The van der Waals surface area contributed by atoms with Gasteiger partial charge in [-0.25, -0.2) is 4.98 Å². The average Bonchev–Trinajstić information content (AvgIpc) is 3.40. The van der Waals surface area contributed by atoms with Gasteiger partial charge in [0.2, 0.25) is 0 Å². The molecule has 1 aliphatic rings. The van der Waals surface area contributed by atoms with E-state index in [0.717, 1.165) is 40.8 Å². The minimum atomic E-state index is -4.56. The van der Waals surface area contributed by atoms with Crippen molar-refractivity contribution >= 4 is 33.1 Å². The molecule has 4 aromatic rings. The van der Waals surface area contributed by atoms with Gasteiger partial charge in [-0.2, -0.15) is 18.3 Å². The van der Waals surface area contributed by atoms with Gasteiger partial charge in [-0.15, -0.1) is 11.3 Å². The van der Waals surface area contributed by atoms with Crippen LogP contribution in [-0.2, 0) is 12.7 Å². The standard InChI is InChI=1S/C24H23F3N6OS/c1-13-11-16(24(25,26)27)28-23-17(13)19-20(35-23)22(34)30-21(29-19)15-12-33(10-9-32(2)3)31-18(15)14-7-5-4-6-8-14/h4-8,11-12,21,29H,9-10H2,1-3H3,(H,30,34). The van der Waals surface area contributed by atoms with Gasteiger partial charge in [0.25, 0.3) is 5.91 Å². The molecule has 2 N–H and O–H groups in total. The van der Waals surface area contributed by atoms with E-state index in [2.05, 4.69) is 20.5 Å². The number of fused-ring (bicyclic) bond motifs is 3. The van der Waals surface area contributed by atoms with E-state index in [1.165, 1.54) is 0 Å². The zero-order valence-electron chi connectivity index (χ0n) is 19.3. The smallest absolute Gasteiger partial charge is 0.360 e. The Morgan fingerprint density at radius 1 is 1.17 bits per heavy atom. The summed E-state index contributed by atoms with van der Waals surface area (Å²) in [4.78, 5) is 19.4. The van der Waals surface area contributed by atoms with Gasteiger partial charge in [-0.05, 0) is 32.6 Å². The summed E-state index contributed by atoms with van der Waals surface area (Å²) in [6, 6.07) is 10.7. The summed E-state index contributed by atoms with van der Waals surface area (Å²) in [6.45, 7) is 3.04. The van der Waals surface area contributed by atoms with Crippen LogP contribution in [0.2, 0.25) is 0 Å². The lowest BCUT2D eigenvalue weighted by Gasteiger charge is -2.26. The highest BCUT2D eigenvalue weighted by molar-refractivity contribution is 7.21. The quantitative estimate of drug-likeness (QED) is 0.408. The van der Waals surface area contributed by atoms with Gasteiger partial charge in [-0.1, -0.05) is 30.3 Å². The van der Waals surface area contributed by atoms with Crippen molar-refractivity contribution < 1.29 is 18.0 Å². The van der Waals surface area contributed by atoms with E-state index in [4.69, 9.17) is 5.10 Å². The van der Waals surface area contributed by atoms with Gasteiger partial charge in [0.15, 0.2) is 0 Å². The van der Waals surface area contributed by atoms with Crippen molar-refractivity contribution in [1.82, 2.24) is 25.0 Å². The Balaban J connectivity index is 1.58. The molecular formula is C24H23F3N6OS. The number of thiophene rings is 1. The number of halogens is 3. The second kappa shape index (κ2) is 8.65. The molecule has 0 fully saturated rings. The minimum absolute atomic E-state index is 0.176. The summed E-state index contributed by atoms with van der Waals surface area (Å²) in [7, 11) is 3.96. The Morgan fingerprint density at radius 3 is 2.60 bits per heavy atom. The molecular weight excluding hydrogens is 477 g/mol. The van der Waals surface area contributed by atoms with Crippen molar-refractivity contribution in [2.24, 2.45) is 0 Å². The highest BCUT2D eigenvalue weighted by Gasteiger charge is 2.36. The van der Waals surface area contributed by atoms with E-state index < -0.39 is 18.0 Å². The van der Waals surface area contributed by atoms with Gasteiger partial charge in [0.1, 0.15) is 21.6 Å². The second-order valence-electron chi connectivity index (χ2n) is 8.72. The number of rotatable bonds is 5. The molecule has 0 aliphatic carbocycles. The van der Waals surface area contributed by atoms with Gasteiger partial charge in [-0.3, -0.25) is 9.48 Å². The molecule has 1 aliphatic heterocycles. The lowest BCUT2D eigenvalue weighted by Crippen LogP contribution is -2.37. The van der Waals surface area contributed by atoms with E-state index in [0.29, 0.717) is 28.1 Å². The predicted molar refractivity (Wildman–Crippen MR) is 129 cm³/mol. The highest BCUT2D eigenvalue weighted by atomic mass is 32.1. The van der Waals surface area contributed by atoms with E-state index in [-0.39, 0.29) is 10.7 Å². The van der Waals surface area contributed by atoms with Crippen LogP contribution in [0, 0.1) is 6.92 Å². The maximum atomic E-state index is 13.3. The lowest BCUT2D eigenvalue weighted by atomic mass is 10.0. The van der Waals surface area contributed by atoms with Crippen molar-refractivity contribution in [1.29, 1.82) is 0 Å². The van der Waals surface area contributed by atoms with E-state index in [1.54, 1.807) is 6.92 Å². The molecule has 182 valence electrons. The third-order valence-corrected chi connectivity index (χ3v) is 6.93. The second-order valence-corrected chi connectivity index (χ2v) is 9.72. The summed E-state index contributed by atoms with van der Waals surface area (Å²) in [5, 5.41) is 11.6. The normalized spacial score (nSPS) is 15.9. The number of likely N-dealkylation sites (N-methyl/N-ethyl adjacent to an activating group) is 1. The molecule has 5 rings (SSSR count). The number of carbonyl (C=O) groups excluding carboxylic acids is 1. The van der Waals surface area contributed by atoms with Crippen LogP contribution in [0.25, 0.3) is 21.5 Å². The number of amides is 1. The summed E-state index contributed by atoms with van der Waals surface area (Å²) >= 11 is 0.955. The number of hydrogen-bond donors (Lipinski definition) is 2. The zero-order chi connectivity index (χ0) is 24.9. The number of aromatic nitrogens is 3. The van der Waals surface area contributed by atoms with Gasteiger partial charge in [0, 0.05) is 29.3 Å². The van der Waals surface area contributed by atoms with Crippen LogP contribution in [0.3, 0.4) is 0 Å². The van der Waals surface area contributed by atoms with Crippen LogP contribution < -0.4 is 10.6 Å². The number of alkyl halides is 3. The van der Waals surface area contributed by atoms with Crippen LogP contribution in [0.4, 0.5) is 18.9 Å². The van der Waals surface area contributed by atoms with Crippen LogP contribution in [0.1, 0.15) is 32.7 Å². The van der Waals surface area contributed by atoms with Crippen LogP contribution >= 0.6 is 11.3 Å². The molecule has 1 unspecified atom stereocenters. The largest absolute Gasteiger partial charge is 0.433 e. The minimum Gasteiger partial charge on any atom is -0.360 e. The first-order valence-corrected chi connectivity index (χ1v) is 11.8. The molecule has 0 bridgehead atoms. The van der Waals surface area contributed by atoms with E-state index in [9.17, 15) is 18.0 Å². The lowest BCUT2D eigenvalue weighted by molar-refractivity contribution is -0.141. The van der Waals surface area contributed by atoms with Gasteiger partial charge < -0.3 is 15.5 Å². The molecule has 3 aromatic heterocycles. The SMILES string of the molecule is Cc1cc(C(F)(F)F)nc2sc3c(c12)NC(c1cn(CCN(C)C)nc1-c1ccccc1)NC3=O. The van der Waals surface area contributed by atoms with Crippen molar-refractivity contribution in [3.05, 3.63) is 64.3 Å². The molecule has 1 amide bonds. The third kappa shape index (κ3) is 4.37. The summed E-state index contributed by atoms with van der Waals surface area (Å²) in [6.07, 6.45) is -3.28. The fraction of sp³-hybridized carbons (Fsp3) is 0.292. The molecule has 4 heterocycles. The number of pyridine rings is 1. The first-order chi connectivity index (χ1) is 16.6. The predicted octanol–water partition coefficient (Wildman–Crippen LogP) is 4.90. The van der Waals surface area contributed by atoms with Gasteiger partial charge in [0.05, 0.1) is 17.9 Å². The number of anilines is 1. The molecule has 0 spiro atoms. The molecule has 0 radical (unpaired) electrons. The fourth-order valence-electron chi connectivity index (χ4n) is 4.14. The Morgan fingerprint density at radius 2 is 1.91 bits per heavy atom. The zero-order valence-corrected chi connectivity index (χ0v) is 20.1. The fourth-order valence-corrected chi connectivity index (χ4v) is 5.26. The first-order valence-electron chi connectivity index (χ1n) is 11.0. The Hall–Kier alpha value is -3.44. The number of carbonyl (C=O) groups is 1. The van der Waals surface area contributed by atoms with Crippen molar-refractivity contribution in [2.45, 2.75) is 25.8 Å². The summed E-state index contributed by atoms with van der Waals surface area (Å²) in [5.41, 5.74) is 2.33. The molecule has 0 saturated heterocycles. The Labute approximate surface area is 203 Å². The molecule has 7 nitrogen and oxygen atoms in total. The van der Waals surface area contributed by atoms with Crippen LogP contribution in [0.15, 0.2) is 42.6 Å². The van der Waals surface area contributed by atoms with E-state index in [1.807, 2.05) is 55.3 Å². The number of hydrogen-bond acceptors (Lipinski definition) is 6. The molecule has 35 heavy (non-hydrogen) atoms. The topological polar surface area (TPSA) is 75.1 Å². The number of benzene rings is 1. The summed E-state index contributed by atoms with van der Waals surface area (Å²) in [5.74, 6) is -0.361. The molecule has 11 heteroatoms. The van der Waals surface area contributed by atoms with Gasteiger partial charge >= 0.3 is 6.18 Å².